The summed E-state index contributed by atoms with van der Waals surface area (Å²) in [7, 11) is 0. The van der Waals surface area contributed by atoms with Gasteiger partial charge in [0.25, 0.3) is 0 Å². The van der Waals surface area contributed by atoms with Gasteiger partial charge in [-0.1, -0.05) is 58.4 Å². The highest BCUT2D eigenvalue weighted by Gasteiger charge is 2.18. The Balaban J connectivity index is 2.00. The van der Waals surface area contributed by atoms with Crippen LogP contribution in [0, 0.1) is 18.6 Å². The van der Waals surface area contributed by atoms with Gasteiger partial charge in [-0.25, -0.2) is 8.78 Å². The second kappa shape index (κ2) is 7.69. The predicted octanol–water partition coefficient (Wildman–Crippen LogP) is 8.24. The van der Waals surface area contributed by atoms with E-state index in [1.165, 1.54) is 12.1 Å². The summed E-state index contributed by atoms with van der Waals surface area (Å²) in [5, 5.41) is 1.87. The molecule has 0 bridgehead atoms. The molecule has 4 aromatic carbocycles. The van der Waals surface area contributed by atoms with Gasteiger partial charge in [0.05, 0.1) is 0 Å². The lowest BCUT2D eigenvalue weighted by atomic mass is 9.92. The van der Waals surface area contributed by atoms with Crippen molar-refractivity contribution < 1.29 is 8.78 Å². The Morgan fingerprint density at radius 2 is 1.50 bits per heavy atom. The van der Waals surface area contributed by atoms with Crippen molar-refractivity contribution in [2.75, 3.05) is 6.26 Å². The van der Waals surface area contributed by atoms with E-state index in [4.69, 9.17) is 0 Å². The minimum absolute atomic E-state index is 0.255. The van der Waals surface area contributed by atoms with E-state index in [9.17, 15) is 8.78 Å². The number of rotatable bonds is 3. The molecule has 4 heteroatoms. The third-order valence-corrected chi connectivity index (χ3v) is 6.40. The van der Waals surface area contributed by atoms with Crippen molar-refractivity contribution in [3.63, 3.8) is 0 Å². The first-order valence-electron chi connectivity index (χ1n) is 8.82. The van der Waals surface area contributed by atoms with Crippen LogP contribution >= 0.6 is 27.7 Å². The number of hydrogen-bond donors (Lipinski definition) is 0. The molecular formula is C24H17BrF2S. The Kier molecular flexibility index (Phi) is 5.26. The molecule has 0 unspecified atom stereocenters. The van der Waals surface area contributed by atoms with Gasteiger partial charge in [0.2, 0.25) is 0 Å². The number of hydrogen-bond acceptors (Lipinski definition) is 1. The van der Waals surface area contributed by atoms with Crippen LogP contribution in [0.1, 0.15) is 5.56 Å². The smallest absolute Gasteiger partial charge is 0.131 e. The highest BCUT2D eigenvalue weighted by Crippen LogP contribution is 2.42. The molecule has 0 aliphatic heterocycles. The highest BCUT2D eigenvalue weighted by atomic mass is 79.9. The van der Waals surface area contributed by atoms with Gasteiger partial charge in [0, 0.05) is 20.5 Å². The van der Waals surface area contributed by atoms with Crippen molar-refractivity contribution in [1.82, 2.24) is 0 Å². The lowest BCUT2D eigenvalue weighted by Crippen LogP contribution is -1.95. The molecule has 0 N–H and O–H groups in total. The number of benzene rings is 4. The van der Waals surface area contributed by atoms with Crippen molar-refractivity contribution in [3.05, 3.63) is 88.4 Å². The molecule has 0 atom stereocenters. The zero-order valence-electron chi connectivity index (χ0n) is 15.4. The van der Waals surface area contributed by atoms with Crippen LogP contribution in [0.5, 0.6) is 0 Å². The van der Waals surface area contributed by atoms with Gasteiger partial charge >= 0.3 is 0 Å². The third kappa shape index (κ3) is 3.25. The van der Waals surface area contributed by atoms with Gasteiger partial charge in [0.15, 0.2) is 0 Å². The van der Waals surface area contributed by atoms with E-state index >= 15 is 0 Å². The van der Waals surface area contributed by atoms with Crippen LogP contribution in [0.2, 0.25) is 0 Å². The Morgan fingerprint density at radius 1 is 0.786 bits per heavy atom. The molecule has 28 heavy (non-hydrogen) atoms. The fourth-order valence-electron chi connectivity index (χ4n) is 3.67. The summed E-state index contributed by atoms with van der Waals surface area (Å²) in [6.45, 7) is 1.97. The molecular weight excluding hydrogens is 438 g/mol. The van der Waals surface area contributed by atoms with Gasteiger partial charge in [-0.3, -0.25) is 0 Å². The first-order valence-corrected chi connectivity index (χ1v) is 10.8. The van der Waals surface area contributed by atoms with E-state index in [0.29, 0.717) is 11.1 Å². The van der Waals surface area contributed by atoms with Crippen LogP contribution < -0.4 is 0 Å². The van der Waals surface area contributed by atoms with Crippen molar-refractivity contribution in [3.8, 4) is 22.3 Å². The lowest BCUT2D eigenvalue weighted by Gasteiger charge is -2.18. The maximum Gasteiger partial charge on any atom is 0.131 e. The van der Waals surface area contributed by atoms with Gasteiger partial charge in [-0.15, -0.1) is 11.8 Å². The van der Waals surface area contributed by atoms with Crippen molar-refractivity contribution in [2.24, 2.45) is 0 Å². The van der Waals surface area contributed by atoms with Crippen LogP contribution in [0.3, 0.4) is 0 Å². The zero-order chi connectivity index (χ0) is 19.8. The quantitative estimate of drug-likeness (QED) is 0.280. The van der Waals surface area contributed by atoms with Gasteiger partial charge < -0.3 is 0 Å². The minimum Gasteiger partial charge on any atom is -0.206 e. The van der Waals surface area contributed by atoms with Crippen LogP contribution in [0.4, 0.5) is 8.78 Å². The summed E-state index contributed by atoms with van der Waals surface area (Å²) >= 11 is 4.97. The average Bonchev–Trinajstić information content (AvgIpc) is 2.70. The summed E-state index contributed by atoms with van der Waals surface area (Å²) in [4.78, 5) is 0.951. The number of halogens is 3. The summed E-state index contributed by atoms with van der Waals surface area (Å²) in [6.07, 6.45) is 1.97. The molecule has 140 valence electrons. The van der Waals surface area contributed by atoms with Crippen LogP contribution in [-0.4, -0.2) is 6.26 Å². The van der Waals surface area contributed by atoms with Crippen molar-refractivity contribution in [1.29, 1.82) is 0 Å². The molecule has 0 nitrogen and oxygen atoms in total. The van der Waals surface area contributed by atoms with E-state index in [1.54, 1.807) is 30.0 Å². The minimum atomic E-state index is -0.276. The molecule has 0 aliphatic rings. The highest BCUT2D eigenvalue weighted by molar-refractivity contribution is 9.10. The molecule has 0 saturated carbocycles. The second-order valence-corrected chi connectivity index (χ2v) is 8.32. The molecule has 0 aliphatic carbocycles. The average molecular weight is 455 g/mol. The van der Waals surface area contributed by atoms with E-state index < -0.39 is 0 Å². The Morgan fingerprint density at radius 3 is 2.29 bits per heavy atom. The molecule has 0 heterocycles. The van der Waals surface area contributed by atoms with E-state index in [0.717, 1.165) is 36.8 Å². The van der Waals surface area contributed by atoms with E-state index in [2.05, 4.69) is 15.9 Å². The number of fused-ring (bicyclic) bond motifs is 1. The van der Waals surface area contributed by atoms with Gasteiger partial charge in [0.1, 0.15) is 11.6 Å². The van der Waals surface area contributed by atoms with E-state index in [-0.39, 0.29) is 11.6 Å². The largest absolute Gasteiger partial charge is 0.206 e. The lowest BCUT2D eigenvalue weighted by molar-refractivity contribution is 0.630. The summed E-state index contributed by atoms with van der Waals surface area (Å²) in [6, 6.07) is 19.8. The SMILES string of the molecule is CSc1c(-c2c(F)ccc3ccccc23)ccc(-c2cc(Br)ccc2F)c1C. The third-order valence-electron chi connectivity index (χ3n) is 4.98. The molecule has 0 aromatic heterocycles. The molecule has 0 saturated heterocycles. The Hall–Kier alpha value is -2.17. The van der Waals surface area contributed by atoms with Crippen LogP contribution in [0.25, 0.3) is 33.0 Å². The fraction of sp³-hybridized carbons (Fsp3) is 0.0833. The zero-order valence-corrected chi connectivity index (χ0v) is 17.8. The van der Waals surface area contributed by atoms with Gasteiger partial charge in [-0.05, 0) is 64.9 Å². The predicted molar refractivity (Wildman–Crippen MR) is 119 cm³/mol. The summed E-state index contributed by atoms with van der Waals surface area (Å²) in [5.41, 5.74) is 3.71. The maximum atomic E-state index is 14.9. The standard InChI is InChI=1S/C24H17BrF2S/c1-14-17(20-13-16(25)8-12-21(20)26)9-10-19(24(14)28-2)23-18-6-4-3-5-15(18)7-11-22(23)27/h3-13H,1-2H3. The summed E-state index contributed by atoms with van der Waals surface area (Å²) < 4.78 is 30.2. The monoisotopic (exact) mass is 454 g/mol. The normalized spacial score (nSPS) is 11.2. The van der Waals surface area contributed by atoms with Gasteiger partial charge in [-0.2, -0.15) is 0 Å². The first-order chi connectivity index (χ1) is 13.5. The molecule has 0 fully saturated rings. The molecule has 0 radical (unpaired) electrons. The van der Waals surface area contributed by atoms with Crippen molar-refractivity contribution in [2.45, 2.75) is 11.8 Å². The topological polar surface area (TPSA) is 0 Å². The summed E-state index contributed by atoms with van der Waals surface area (Å²) in [5.74, 6) is -0.530. The molecule has 0 amide bonds. The Bertz CT molecular complexity index is 1200. The fourth-order valence-corrected chi connectivity index (χ4v) is 4.83. The Labute approximate surface area is 175 Å². The maximum absolute atomic E-state index is 14.9. The molecule has 0 spiro atoms. The second-order valence-electron chi connectivity index (χ2n) is 6.59. The van der Waals surface area contributed by atoms with Crippen LogP contribution in [0.15, 0.2) is 76.1 Å². The van der Waals surface area contributed by atoms with Crippen molar-refractivity contribution >= 4 is 38.5 Å². The van der Waals surface area contributed by atoms with E-state index in [1.807, 2.05) is 49.6 Å². The first kappa shape index (κ1) is 19.2. The van der Waals surface area contributed by atoms with Crippen LogP contribution in [-0.2, 0) is 0 Å². The molecule has 4 rings (SSSR count). The number of thioether (sulfide) groups is 1. The molecule has 4 aromatic rings.